The van der Waals surface area contributed by atoms with Crippen molar-refractivity contribution in [2.75, 3.05) is 58.5 Å². The molecule has 2 bridgehead atoms. The van der Waals surface area contributed by atoms with Gasteiger partial charge in [0.2, 0.25) is 0 Å². The maximum Gasteiger partial charge on any atom is 0.340 e. The van der Waals surface area contributed by atoms with Gasteiger partial charge in [0.15, 0.2) is 5.60 Å². The Morgan fingerprint density at radius 2 is 2.04 bits per heavy atom. The molecule has 8 nitrogen and oxygen atoms in total. The van der Waals surface area contributed by atoms with Crippen LogP contribution in [0.4, 0.5) is 5.69 Å². The van der Waals surface area contributed by atoms with Gasteiger partial charge < -0.3 is 34.2 Å². The minimum absolute atomic E-state index is 0.0204. The summed E-state index contributed by atoms with van der Waals surface area (Å²) in [5.41, 5.74) is 1.84. The topological polar surface area (TPSA) is 91.7 Å². The lowest BCUT2D eigenvalue weighted by molar-refractivity contribution is -0.160. The number of fused-ring (bicyclic) bond motifs is 4. The quantitative estimate of drug-likeness (QED) is 0.304. The minimum atomic E-state index is -2.14. The van der Waals surface area contributed by atoms with Gasteiger partial charge in [0.05, 0.1) is 31.6 Å². The monoisotopic (exact) mass is 650 g/mol. The van der Waals surface area contributed by atoms with E-state index in [0.29, 0.717) is 61.8 Å². The lowest BCUT2D eigenvalue weighted by atomic mass is 9.68. The fourth-order valence-corrected chi connectivity index (χ4v) is 8.08. The van der Waals surface area contributed by atoms with Crippen molar-refractivity contribution in [3.8, 4) is 5.75 Å². The van der Waals surface area contributed by atoms with Crippen LogP contribution < -0.4 is 9.64 Å². The van der Waals surface area contributed by atoms with Gasteiger partial charge in [-0.1, -0.05) is 42.5 Å². The molecule has 5 atom stereocenters. The molecule has 9 heteroatoms. The van der Waals surface area contributed by atoms with Crippen LogP contribution in [0.15, 0.2) is 60.8 Å². The average molecular weight is 651 g/mol. The Bertz CT molecular complexity index is 1480. The molecule has 2 aromatic rings. The maximum atomic E-state index is 12.7. The van der Waals surface area contributed by atoms with Gasteiger partial charge in [-0.3, -0.25) is 0 Å². The smallest absolute Gasteiger partial charge is 0.340 e. The molecule has 4 aliphatic rings. The van der Waals surface area contributed by atoms with Crippen LogP contribution in [0, 0.1) is 11.8 Å². The predicted octanol–water partition coefficient (Wildman–Crippen LogP) is 5.94. The zero-order valence-corrected chi connectivity index (χ0v) is 27.8. The number of carboxylic acids is 1. The van der Waals surface area contributed by atoms with Crippen LogP contribution in [0.1, 0.15) is 55.2 Å². The standard InChI is InChI=1S/C37H47ClN2O6/c1-25-21-37(43,35(41)42)28-10-14-34-32(20-28)40(23-36(24-46-34)15-6-7-26-19-29(38)11-13-31(26)36)22-27-9-12-30(27)33(45-18-17-44-3)8-4-5-16-39(25)2/h4,8,10-11,13-14,19-20,27,30,33,43H,1,5-7,9,12,15-18,21-24H2,2-3H3,(H,41,42)/b8-4+/t27-,30+,33-,36-,37+/m0/s1. The van der Waals surface area contributed by atoms with E-state index < -0.39 is 11.6 Å². The first-order valence-electron chi connectivity index (χ1n) is 16.6. The summed E-state index contributed by atoms with van der Waals surface area (Å²) in [4.78, 5) is 17.1. The van der Waals surface area contributed by atoms with Crippen molar-refractivity contribution >= 4 is 23.3 Å². The van der Waals surface area contributed by atoms with Crippen LogP contribution in [-0.2, 0) is 31.7 Å². The number of carbonyl (C=O) groups is 1. The van der Waals surface area contributed by atoms with Gasteiger partial charge in [-0.25, -0.2) is 4.79 Å². The Balaban J connectivity index is 1.44. The van der Waals surface area contributed by atoms with E-state index in [4.69, 9.17) is 25.8 Å². The van der Waals surface area contributed by atoms with E-state index in [1.807, 2.05) is 30.1 Å². The molecule has 248 valence electrons. The predicted molar refractivity (Wildman–Crippen MR) is 180 cm³/mol. The molecule has 1 saturated carbocycles. The van der Waals surface area contributed by atoms with Crippen molar-refractivity contribution < 1.29 is 29.2 Å². The van der Waals surface area contributed by atoms with Gasteiger partial charge in [-0.05, 0) is 91.3 Å². The van der Waals surface area contributed by atoms with Crippen molar-refractivity contribution in [2.45, 2.75) is 62.1 Å². The van der Waals surface area contributed by atoms with Crippen LogP contribution in [-0.4, -0.2) is 80.8 Å². The highest BCUT2D eigenvalue weighted by atomic mass is 35.5. The number of methoxy groups -OCH3 is 1. The molecular weight excluding hydrogens is 604 g/mol. The summed E-state index contributed by atoms with van der Waals surface area (Å²) >= 11 is 6.45. The number of anilines is 1. The van der Waals surface area contributed by atoms with Crippen molar-refractivity contribution in [3.63, 3.8) is 0 Å². The molecule has 2 heterocycles. The summed E-state index contributed by atoms with van der Waals surface area (Å²) < 4.78 is 18.4. The van der Waals surface area contributed by atoms with Gasteiger partial charge in [-0.15, -0.1) is 0 Å². The molecule has 2 aromatic carbocycles. The highest BCUT2D eigenvalue weighted by molar-refractivity contribution is 6.30. The van der Waals surface area contributed by atoms with E-state index in [-0.39, 0.29) is 17.9 Å². The summed E-state index contributed by atoms with van der Waals surface area (Å²) in [5.74, 6) is 0.114. The largest absolute Gasteiger partial charge is 0.490 e. The van der Waals surface area contributed by atoms with E-state index in [9.17, 15) is 15.0 Å². The summed E-state index contributed by atoms with van der Waals surface area (Å²) in [5, 5.41) is 22.9. The SMILES string of the molecule is C=C1C[C@](O)(C(=O)O)c2ccc3c(c2)N(C[C@@H]2CC[C@H]2[C@@H](OCCOC)/C=C/CCN1C)C[C@@]1(CCCc2cc(Cl)ccc21)CO3. The minimum Gasteiger partial charge on any atom is -0.490 e. The first-order chi connectivity index (χ1) is 22.1. The highest BCUT2D eigenvalue weighted by Gasteiger charge is 2.46. The molecule has 2 aliphatic heterocycles. The van der Waals surface area contributed by atoms with Crippen molar-refractivity contribution in [2.24, 2.45) is 11.8 Å². The fraction of sp³-hybridized carbons (Fsp3) is 0.541. The number of ether oxygens (including phenoxy) is 3. The first kappa shape index (κ1) is 32.9. The number of halogens is 1. The number of aliphatic hydroxyl groups is 1. The Labute approximate surface area is 277 Å². The summed E-state index contributed by atoms with van der Waals surface area (Å²) in [7, 11) is 3.58. The second kappa shape index (κ2) is 13.6. The number of carboxylic acid groups (broad SMARTS) is 1. The number of aryl methyl sites for hydroxylation is 1. The van der Waals surface area contributed by atoms with Gasteiger partial charge in [0.25, 0.3) is 0 Å². The normalized spacial score (nSPS) is 30.4. The summed E-state index contributed by atoms with van der Waals surface area (Å²) in [6.45, 7) is 7.88. The summed E-state index contributed by atoms with van der Waals surface area (Å²) in [6.07, 6.45) is 10.1. The average Bonchev–Trinajstić information content (AvgIpc) is 3.17. The Hall–Kier alpha value is -3.04. The zero-order chi connectivity index (χ0) is 32.5. The lowest BCUT2D eigenvalue weighted by Crippen LogP contribution is -2.49. The Morgan fingerprint density at radius 1 is 1.20 bits per heavy atom. The molecule has 1 fully saturated rings. The van der Waals surface area contributed by atoms with Crippen LogP contribution >= 0.6 is 11.6 Å². The number of nitrogens with zero attached hydrogens (tertiary/aromatic N) is 2. The molecule has 2 N–H and O–H groups in total. The number of hydrogen-bond donors (Lipinski definition) is 2. The van der Waals surface area contributed by atoms with Gasteiger partial charge >= 0.3 is 5.97 Å². The van der Waals surface area contributed by atoms with Crippen LogP contribution in [0.5, 0.6) is 5.75 Å². The third kappa shape index (κ3) is 6.42. The molecule has 0 radical (unpaired) electrons. The third-order valence-corrected chi connectivity index (χ3v) is 11.0. The van der Waals surface area contributed by atoms with E-state index >= 15 is 0 Å². The molecule has 0 saturated heterocycles. The molecule has 1 spiro atoms. The molecule has 0 amide bonds. The van der Waals surface area contributed by atoms with Crippen molar-refractivity contribution in [1.29, 1.82) is 0 Å². The van der Waals surface area contributed by atoms with Gasteiger partial charge in [0, 0.05) is 56.3 Å². The maximum absolute atomic E-state index is 12.7. The summed E-state index contributed by atoms with van der Waals surface area (Å²) in [6, 6.07) is 11.6. The second-order valence-corrected chi connectivity index (χ2v) is 14.1. The molecule has 0 aromatic heterocycles. The number of hydrogen-bond acceptors (Lipinski definition) is 7. The van der Waals surface area contributed by atoms with Gasteiger partial charge in [0.1, 0.15) is 5.75 Å². The molecule has 2 aliphatic carbocycles. The third-order valence-electron chi connectivity index (χ3n) is 10.8. The molecule has 46 heavy (non-hydrogen) atoms. The fourth-order valence-electron chi connectivity index (χ4n) is 7.89. The van der Waals surface area contributed by atoms with Gasteiger partial charge in [-0.2, -0.15) is 0 Å². The van der Waals surface area contributed by atoms with Crippen LogP contribution in [0.25, 0.3) is 0 Å². The van der Waals surface area contributed by atoms with E-state index in [0.717, 1.165) is 55.8 Å². The molecule has 6 rings (SSSR count). The Morgan fingerprint density at radius 3 is 2.80 bits per heavy atom. The Kier molecular flexibility index (Phi) is 9.72. The molecular formula is C37H47ClN2O6. The van der Waals surface area contributed by atoms with Crippen LogP contribution in [0.3, 0.4) is 0 Å². The van der Waals surface area contributed by atoms with Crippen molar-refractivity contribution in [1.82, 2.24) is 4.90 Å². The number of aliphatic carboxylic acids is 1. The lowest BCUT2D eigenvalue weighted by Gasteiger charge is -2.46. The van der Waals surface area contributed by atoms with Crippen LogP contribution in [0.2, 0.25) is 5.02 Å². The first-order valence-corrected chi connectivity index (χ1v) is 16.9. The number of rotatable bonds is 5. The number of benzene rings is 2. The highest BCUT2D eigenvalue weighted by Crippen LogP contribution is 2.48. The van der Waals surface area contributed by atoms with E-state index in [1.54, 1.807) is 13.2 Å². The second-order valence-electron chi connectivity index (χ2n) is 13.7. The van der Waals surface area contributed by atoms with E-state index in [2.05, 4.69) is 35.8 Å². The van der Waals surface area contributed by atoms with E-state index in [1.165, 1.54) is 11.1 Å². The zero-order valence-electron chi connectivity index (χ0n) is 27.1. The van der Waals surface area contributed by atoms with Crippen molar-refractivity contribution in [3.05, 3.63) is 82.5 Å². The molecule has 0 unspecified atom stereocenters.